The van der Waals surface area contributed by atoms with Crippen LogP contribution in [-0.4, -0.2) is 47.0 Å². The highest BCUT2D eigenvalue weighted by Crippen LogP contribution is 2.28. The molecule has 1 aliphatic heterocycles. The molecule has 0 saturated carbocycles. The second-order valence-electron chi connectivity index (χ2n) is 4.80. The smallest absolute Gasteiger partial charge is 0.330 e. The number of nitrogens with one attached hydrogen (secondary N) is 2. The van der Waals surface area contributed by atoms with Crippen molar-refractivity contribution in [3.8, 4) is 0 Å². The van der Waals surface area contributed by atoms with Crippen molar-refractivity contribution in [2.45, 2.75) is 12.0 Å². The van der Waals surface area contributed by atoms with Crippen LogP contribution in [0.25, 0.3) is 0 Å². The number of rotatable bonds is 4. The third-order valence-electron chi connectivity index (χ3n) is 3.40. The van der Waals surface area contributed by atoms with E-state index in [0.717, 1.165) is 0 Å². The van der Waals surface area contributed by atoms with E-state index in [1.54, 1.807) is 18.2 Å². The minimum absolute atomic E-state index is 0.272. The first kappa shape index (κ1) is 15.4. The number of hydrogen-bond donors (Lipinski definition) is 3. The Balaban J connectivity index is 2.20. The molecule has 1 saturated heterocycles. The van der Waals surface area contributed by atoms with E-state index in [9.17, 15) is 19.5 Å². The van der Waals surface area contributed by atoms with E-state index in [2.05, 4.69) is 10.6 Å². The largest absolute Gasteiger partial charge is 0.479 e. The first-order valence-electron chi connectivity index (χ1n) is 6.44. The summed E-state index contributed by atoms with van der Waals surface area (Å²) in [5, 5.41) is 14.4. The average molecular weight is 308 g/mol. The molecule has 2 rings (SSSR count). The number of aliphatic carboxylic acids is 1. The Morgan fingerprint density at radius 2 is 1.90 bits per heavy atom. The molecule has 0 aliphatic carbocycles. The quantitative estimate of drug-likeness (QED) is 0.762. The molecule has 1 unspecified atom stereocenters. The second-order valence-corrected chi connectivity index (χ2v) is 5.91. The van der Waals surface area contributed by atoms with Crippen molar-refractivity contribution < 1.29 is 19.5 Å². The van der Waals surface area contributed by atoms with Gasteiger partial charge in [-0.05, 0) is 30.4 Å². The molecule has 1 aliphatic rings. The van der Waals surface area contributed by atoms with Crippen LogP contribution in [0.3, 0.4) is 0 Å². The molecule has 7 heteroatoms. The molecule has 1 aromatic rings. The molecule has 0 bridgehead atoms. The fourth-order valence-electron chi connectivity index (χ4n) is 2.12. The topological polar surface area (TPSA) is 95.5 Å². The van der Waals surface area contributed by atoms with E-state index in [1.807, 2.05) is 0 Å². The van der Waals surface area contributed by atoms with Crippen molar-refractivity contribution in [3.63, 3.8) is 0 Å². The summed E-state index contributed by atoms with van der Waals surface area (Å²) < 4.78 is 0. The fraction of sp³-hybridized carbons (Fsp3) is 0.357. The number of thioether (sulfide) groups is 1. The summed E-state index contributed by atoms with van der Waals surface area (Å²) in [5.41, 5.74) is -0.589. The van der Waals surface area contributed by atoms with Gasteiger partial charge in [-0.15, -0.1) is 0 Å². The first-order chi connectivity index (χ1) is 9.98. The van der Waals surface area contributed by atoms with Crippen molar-refractivity contribution in [1.29, 1.82) is 0 Å². The zero-order valence-corrected chi connectivity index (χ0v) is 12.3. The lowest BCUT2D eigenvalue weighted by atomic mass is 9.98. The summed E-state index contributed by atoms with van der Waals surface area (Å²) >= 11 is 1.50. The molecule has 1 heterocycles. The summed E-state index contributed by atoms with van der Waals surface area (Å²) in [6, 6.07) is 6.19. The second kappa shape index (κ2) is 6.17. The lowest BCUT2D eigenvalue weighted by Gasteiger charge is -2.24. The van der Waals surface area contributed by atoms with Crippen molar-refractivity contribution in [2.75, 3.05) is 18.6 Å². The van der Waals surface area contributed by atoms with Crippen LogP contribution in [0, 0.1) is 0 Å². The number of carbonyl (C=O) groups excluding carboxylic acids is 2. The highest BCUT2D eigenvalue weighted by Gasteiger charge is 2.43. The van der Waals surface area contributed by atoms with Gasteiger partial charge in [0.05, 0.1) is 0 Å². The molecule has 1 fully saturated rings. The number of carboxylic acids is 1. The summed E-state index contributed by atoms with van der Waals surface area (Å²) in [5.74, 6) is -0.753. The summed E-state index contributed by atoms with van der Waals surface area (Å²) in [6.45, 7) is 0. The minimum Gasteiger partial charge on any atom is -0.479 e. The molecule has 6 nitrogen and oxygen atoms in total. The van der Waals surface area contributed by atoms with Crippen molar-refractivity contribution in [3.05, 3.63) is 35.4 Å². The van der Waals surface area contributed by atoms with E-state index < -0.39 is 17.4 Å². The van der Waals surface area contributed by atoms with E-state index >= 15 is 0 Å². The maximum absolute atomic E-state index is 12.3. The summed E-state index contributed by atoms with van der Waals surface area (Å²) in [4.78, 5) is 35.2. The van der Waals surface area contributed by atoms with Crippen LogP contribution in [0.4, 0.5) is 0 Å². The molecule has 2 amide bonds. The zero-order valence-electron chi connectivity index (χ0n) is 11.5. The molecular formula is C14H16N2O4S. The van der Waals surface area contributed by atoms with Gasteiger partial charge in [-0.1, -0.05) is 6.07 Å². The molecule has 21 heavy (non-hydrogen) atoms. The van der Waals surface area contributed by atoms with Crippen molar-refractivity contribution in [2.24, 2.45) is 0 Å². The van der Waals surface area contributed by atoms with E-state index in [1.165, 1.54) is 24.9 Å². The van der Waals surface area contributed by atoms with Gasteiger partial charge in [-0.3, -0.25) is 9.59 Å². The predicted molar refractivity (Wildman–Crippen MR) is 79.6 cm³/mol. The number of hydrogen-bond acceptors (Lipinski definition) is 4. The Hall–Kier alpha value is -2.02. The Labute approximate surface area is 126 Å². The van der Waals surface area contributed by atoms with E-state index in [-0.39, 0.29) is 11.5 Å². The van der Waals surface area contributed by atoms with Gasteiger partial charge >= 0.3 is 5.97 Å². The van der Waals surface area contributed by atoms with Crippen molar-refractivity contribution in [1.82, 2.24) is 10.6 Å². The number of amides is 2. The molecule has 1 aromatic carbocycles. The number of benzene rings is 1. The number of carbonyl (C=O) groups is 3. The van der Waals surface area contributed by atoms with Crippen LogP contribution < -0.4 is 10.6 Å². The third kappa shape index (κ3) is 3.18. The lowest BCUT2D eigenvalue weighted by molar-refractivity contribution is -0.143. The van der Waals surface area contributed by atoms with Crippen LogP contribution in [0.15, 0.2) is 24.3 Å². The number of carboxylic acid groups (broad SMARTS) is 1. The standard InChI is InChI=1S/C14H16N2O4S/c1-15-11(17)9-3-2-4-10(7-9)12(18)16-14(13(19)20)5-6-21-8-14/h2-4,7H,5-6,8H2,1H3,(H,15,17)(H,16,18)(H,19,20). The summed E-state index contributed by atoms with van der Waals surface area (Å²) in [7, 11) is 1.50. The molecule has 3 N–H and O–H groups in total. The lowest BCUT2D eigenvalue weighted by Crippen LogP contribution is -2.54. The monoisotopic (exact) mass is 308 g/mol. The van der Waals surface area contributed by atoms with Gasteiger partial charge in [0.1, 0.15) is 5.54 Å². The molecule has 0 aromatic heterocycles. The van der Waals surface area contributed by atoms with Crippen LogP contribution in [-0.2, 0) is 4.79 Å². The Kier molecular flexibility index (Phi) is 4.52. The molecule has 0 spiro atoms. The van der Waals surface area contributed by atoms with E-state index in [4.69, 9.17) is 0 Å². The molecule has 0 radical (unpaired) electrons. The highest BCUT2D eigenvalue weighted by atomic mass is 32.2. The fourth-order valence-corrected chi connectivity index (χ4v) is 3.45. The highest BCUT2D eigenvalue weighted by molar-refractivity contribution is 7.99. The third-order valence-corrected chi connectivity index (χ3v) is 4.59. The minimum atomic E-state index is -1.22. The Morgan fingerprint density at radius 1 is 1.24 bits per heavy atom. The van der Waals surface area contributed by atoms with Gasteiger partial charge in [0, 0.05) is 23.9 Å². The molecular weight excluding hydrogens is 292 g/mol. The van der Waals surface area contributed by atoms with Crippen LogP contribution in [0.1, 0.15) is 27.1 Å². The van der Waals surface area contributed by atoms with Crippen LogP contribution in [0.2, 0.25) is 0 Å². The van der Waals surface area contributed by atoms with Gasteiger partial charge in [-0.2, -0.15) is 11.8 Å². The van der Waals surface area contributed by atoms with Gasteiger partial charge in [0.2, 0.25) is 0 Å². The molecule has 112 valence electrons. The maximum Gasteiger partial charge on any atom is 0.330 e. The van der Waals surface area contributed by atoms with Gasteiger partial charge in [0.25, 0.3) is 11.8 Å². The van der Waals surface area contributed by atoms with Gasteiger partial charge in [-0.25, -0.2) is 4.79 Å². The predicted octanol–water partition coefficient (Wildman–Crippen LogP) is 0.736. The van der Waals surface area contributed by atoms with Crippen molar-refractivity contribution >= 4 is 29.5 Å². The normalized spacial score (nSPS) is 20.8. The zero-order chi connectivity index (χ0) is 15.5. The van der Waals surface area contributed by atoms with E-state index in [0.29, 0.717) is 23.5 Å². The Bertz CT molecular complexity index is 582. The Morgan fingerprint density at radius 3 is 2.43 bits per heavy atom. The first-order valence-corrected chi connectivity index (χ1v) is 7.60. The van der Waals surface area contributed by atoms with Gasteiger partial charge < -0.3 is 15.7 Å². The summed E-state index contributed by atoms with van der Waals surface area (Å²) in [6.07, 6.45) is 0.397. The van der Waals surface area contributed by atoms with Crippen LogP contribution in [0.5, 0.6) is 0 Å². The average Bonchev–Trinajstić information content (AvgIpc) is 2.96. The maximum atomic E-state index is 12.3. The van der Waals surface area contributed by atoms with Gasteiger partial charge in [0.15, 0.2) is 0 Å². The van der Waals surface area contributed by atoms with Crippen LogP contribution >= 0.6 is 11.8 Å². The molecule has 1 atom stereocenters. The SMILES string of the molecule is CNC(=O)c1cccc(C(=O)NC2(C(=O)O)CCSC2)c1.